The number of nitrogens with one attached hydrogen (secondary N) is 2. The summed E-state index contributed by atoms with van der Waals surface area (Å²) < 4.78 is 5.18. The molecule has 0 bridgehead atoms. The van der Waals surface area contributed by atoms with Gasteiger partial charge in [-0.2, -0.15) is 5.10 Å². The van der Waals surface area contributed by atoms with E-state index in [-0.39, 0.29) is 11.9 Å². The molecule has 22 heavy (non-hydrogen) atoms. The Morgan fingerprint density at radius 1 is 1.45 bits per heavy atom. The quantitative estimate of drug-likeness (QED) is 0.661. The van der Waals surface area contributed by atoms with Crippen molar-refractivity contribution in [3.8, 4) is 5.75 Å². The lowest BCUT2D eigenvalue weighted by molar-refractivity contribution is -0.122. The number of benzene rings is 1. The lowest BCUT2D eigenvalue weighted by Crippen LogP contribution is -2.38. The predicted octanol–water partition coefficient (Wildman–Crippen LogP) is 1.45. The van der Waals surface area contributed by atoms with Crippen LogP contribution in [-0.2, 0) is 4.79 Å². The second-order valence-electron chi connectivity index (χ2n) is 5.18. The Hall–Kier alpha value is -2.47. The van der Waals surface area contributed by atoms with Gasteiger partial charge in [0.15, 0.2) is 0 Å². The molecule has 1 fully saturated rings. The maximum Gasteiger partial charge on any atom is 0.257 e. The molecule has 1 aliphatic heterocycles. The van der Waals surface area contributed by atoms with Gasteiger partial charge in [-0.05, 0) is 43.7 Å². The Morgan fingerprint density at radius 2 is 2.36 bits per heavy atom. The molecule has 1 amide bonds. The van der Waals surface area contributed by atoms with Gasteiger partial charge in [0.2, 0.25) is 0 Å². The van der Waals surface area contributed by atoms with Crippen LogP contribution in [0.3, 0.4) is 0 Å². The Kier molecular flexibility index (Phi) is 4.29. The summed E-state index contributed by atoms with van der Waals surface area (Å²) in [5.74, 6) is 0.700. The van der Waals surface area contributed by atoms with Gasteiger partial charge in [-0.3, -0.25) is 4.79 Å². The van der Waals surface area contributed by atoms with Gasteiger partial charge in [0, 0.05) is 5.39 Å². The van der Waals surface area contributed by atoms with Crippen molar-refractivity contribution >= 4 is 23.0 Å². The van der Waals surface area contributed by atoms with Crippen LogP contribution in [0.15, 0.2) is 35.4 Å². The summed E-state index contributed by atoms with van der Waals surface area (Å²) in [5, 5.41) is 8.10. The molecule has 3 rings (SSSR count). The monoisotopic (exact) mass is 298 g/mol. The molecule has 0 spiro atoms. The molecule has 2 heterocycles. The van der Waals surface area contributed by atoms with E-state index in [1.807, 2.05) is 30.3 Å². The van der Waals surface area contributed by atoms with Crippen LogP contribution < -0.4 is 15.5 Å². The number of hydrazone groups is 1. The third-order valence-corrected chi connectivity index (χ3v) is 3.67. The third-order valence-electron chi connectivity index (χ3n) is 3.67. The topological polar surface area (TPSA) is 75.6 Å². The summed E-state index contributed by atoms with van der Waals surface area (Å²) in [4.78, 5) is 16.3. The fraction of sp³-hybridized carbons (Fsp3) is 0.312. The van der Waals surface area contributed by atoms with Crippen LogP contribution in [0.4, 0.5) is 0 Å². The van der Waals surface area contributed by atoms with Crippen LogP contribution in [0, 0.1) is 0 Å². The summed E-state index contributed by atoms with van der Waals surface area (Å²) in [5.41, 5.74) is 4.09. The maximum absolute atomic E-state index is 11.8. The molecule has 0 unspecified atom stereocenters. The van der Waals surface area contributed by atoms with Gasteiger partial charge in [0.05, 0.1) is 30.6 Å². The molecule has 1 aromatic heterocycles. The van der Waals surface area contributed by atoms with Gasteiger partial charge in [0.1, 0.15) is 5.75 Å². The van der Waals surface area contributed by atoms with Crippen molar-refractivity contribution in [3.05, 3.63) is 36.0 Å². The number of rotatable bonds is 4. The van der Waals surface area contributed by atoms with Crippen molar-refractivity contribution in [2.45, 2.75) is 18.9 Å². The fourth-order valence-corrected chi connectivity index (χ4v) is 2.47. The van der Waals surface area contributed by atoms with E-state index < -0.39 is 0 Å². The molecule has 0 radical (unpaired) electrons. The van der Waals surface area contributed by atoms with Crippen LogP contribution in [0.5, 0.6) is 5.75 Å². The van der Waals surface area contributed by atoms with Crippen molar-refractivity contribution in [1.82, 2.24) is 15.7 Å². The van der Waals surface area contributed by atoms with Crippen molar-refractivity contribution in [2.75, 3.05) is 13.7 Å². The van der Waals surface area contributed by atoms with Crippen LogP contribution >= 0.6 is 0 Å². The molecule has 2 N–H and O–H groups in total. The zero-order valence-corrected chi connectivity index (χ0v) is 12.4. The highest BCUT2D eigenvalue weighted by molar-refractivity contribution is 5.87. The zero-order valence-electron chi connectivity index (χ0n) is 12.4. The number of aromatic nitrogens is 1. The molecule has 6 nitrogen and oxygen atoms in total. The standard InChI is InChI=1S/C16H18N4O2/c1-22-13-6-7-14-11(9-13)4-5-12(19-14)10-18-20-16(21)15-3-2-8-17-15/h4-7,9-10,15,17H,2-3,8H2,1H3,(H,20,21)/t15-/m0/s1. The fourth-order valence-electron chi connectivity index (χ4n) is 2.47. The summed E-state index contributed by atoms with van der Waals surface area (Å²) in [6.07, 6.45) is 3.44. The van der Waals surface area contributed by atoms with Crippen LogP contribution in [0.2, 0.25) is 0 Å². The third kappa shape index (κ3) is 3.23. The van der Waals surface area contributed by atoms with Crippen molar-refractivity contribution in [1.29, 1.82) is 0 Å². The van der Waals surface area contributed by atoms with Crippen LogP contribution in [-0.4, -0.2) is 36.8 Å². The predicted molar refractivity (Wildman–Crippen MR) is 85.1 cm³/mol. The first kappa shape index (κ1) is 14.5. The van der Waals surface area contributed by atoms with E-state index in [1.165, 1.54) is 0 Å². The van der Waals surface area contributed by atoms with Gasteiger partial charge >= 0.3 is 0 Å². The Morgan fingerprint density at radius 3 is 3.14 bits per heavy atom. The largest absolute Gasteiger partial charge is 0.497 e. The van der Waals surface area contributed by atoms with E-state index in [0.29, 0.717) is 5.69 Å². The molecule has 0 aliphatic carbocycles. The first-order chi connectivity index (χ1) is 10.8. The highest BCUT2D eigenvalue weighted by Crippen LogP contribution is 2.19. The maximum atomic E-state index is 11.8. The highest BCUT2D eigenvalue weighted by Gasteiger charge is 2.21. The molecule has 114 valence electrons. The molecule has 2 aromatic rings. The molecule has 1 atom stereocenters. The summed E-state index contributed by atoms with van der Waals surface area (Å²) in [7, 11) is 1.64. The molecular weight excluding hydrogens is 280 g/mol. The number of pyridine rings is 1. The number of carbonyl (C=O) groups excluding carboxylic acids is 1. The average molecular weight is 298 g/mol. The van der Waals surface area contributed by atoms with Crippen LogP contribution in [0.1, 0.15) is 18.5 Å². The second kappa shape index (κ2) is 6.53. The van der Waals surface area contributed by atoms with E-state index in [0.717, 1.165) is 36.0 Å². The SMILES string of the molecule is COc1ccc2nc(C=NNC(=O)[C@@H]3CCCN3)ccc2c1. The Labute approximate surface area is 128 Å². The van der Waals surface area contributed by atoms with Crippen molar-refractivity contribution in [3.63, 3.8) is 0 Å². The molecular formula is C16H18N4O2. The number of hydrogen-bond acceptors (Lipinski definition) is 5. The minimum absolute atomic E-state index is 0.0979. The lowest BCUT2D eigenvalue weighted by Gasteiger charge is -2.06. The average Bonchev–Trinajstić information content (AvgIpc) is 3.08. The second-order valence-corrected chi connectivity index (χ2v) is 5.18. The molecule has 6 heteroatoms. The Balaban J connectivity index is 1.68. The van der Waals surface area contributed by atoms with E-state index in [9.17, 15) is 4.79 Å². The van der Waals surface area contributed by atoms with Gasteiger partial charge in [-0.15, -0.1) is 0 Å². The number of amides is 1. The Bertz CT molecular complexity index is 708. The molecule has 1 aromatic carbocycles. The first-order valence-electron chi connectivity index (χ1n) is 7.27. The number of carbonyl (C=O) groups is 1. The molecule has 1 saturated heterocycles. The number of ether oxygens (including phenoxy) is 1. The minimum atomic E-state index is -0.130. The smallest absolute Gasteiger partial charge is 0.257 e. The van der Waals surface area contributed by atoms with E-state index >= 15 is 0 Å². The summed E-state index contributed by atoms with van der Waals surface area (Å²) >= 11 is 0. The number of hydrogen-bond donors (Lipinski definition) is 2. The zero-order chi connectivity index (χ0) is 15.4. The number of nitrogens with zero attached hydrogens (tertiary/aromatic N) is 2. The number of fused-ring (bicyclic) bond motifs is 1. The van der Waals surface area contributed by atoms with Gasteiger partial charge in [-0.1, -0.05) is 6.07 Å². The van der Waals surface area contributed by atoms with Gasteiger partial charge in [-0.25, -0.2) is 10.4 Å². The summed E-state index contributed by atoms with van der Waals surface area (Å²) in [6.45, 7) is 0.886. The van der Waals surface area contributed by atoms with Gasteiger partial charge in [0.25, 0.3) is 5.91 Å². The molecule has 1 aliphatic rings. The highest BCUT2D eigenvalue weighted by atomic mass is 16.5. The lowest BCUT2D eigenvalue weighted by atomic mass is 10.2. The first-order valence-corrected chi connectivity index (χ1v) is 7.27. The normalized spacial score (nSPS) is 18.0. The molecule has 0 saturated carbocycles. The number of methoxy groups -OCH3 is 1. The van der Waals surface area contributed by atoms with Gasteiger partial charge < -0.3 is 10.1 Å². The van der Waals surface area contributed by atoms with E-state index in [4.69, 9.17) is 4.74 Å². The minimum Gasteiger partial charge on any atom is -0.497 e. The van der Waals surface area contributed by atoms with Crippen molar-refractivity contribution < 1.29 is 9.53 Å². The van der Waals surface area contributed by atoms with E-state index in [2.05, 4.69) is 20.8 Å². The van der Waals surface area contributed by atoms with E-state index in [1.54, 1.807) is 13.3 Å². The summed E-state index contributed by atoms with van der Waals surface area (Å²) in [6, 6.07) is 9.36. The van der Waals surface area contributed by atoms with Crippen LogP contribution in [0.25, 0.3) is 10.9 Å². The van der Waals surface area contributed by atoms with Crippen molar-refractivity contribution in [2.24, 2.45) is 5.10 Å².